The van der Waals surface area contributed by atoms with Crippen molar-refractivity contribution in [2.24, 2.45) is 5.92 Å². The van der Waals surface area contributed by atoms with Gasteiger partial charge in [0.2, 0.25) is 0 Å². The fourth-order valence-corrected chi connectivity index (χ4v) is 5.62. The minimum Gasteiger partial charge on any atom is -1.00 e. The van der Waals surface area contributed by atoms with E-state index in [1.807, 2.05) is 0 Å². The second kappa shape index (κ2) is 13.2. The van der Waals surface area contributed by atoms with Crippen molar-refractivity contribution in [1.82, 2.24) is 0 Å². The van der Waals surface area contributed by atoms with Gasteiger partial charge in [0.1, 0.15) is 0 Å². The molecule has 3 aromatic rings. The first-order valence-corrected chi connectivity index (χ1v) is 10.3. The fraction of sp³-hybridized carbons (Fsp3) is 0.348. The number of hydrogen-bond acceptors (Lipinski definition) is 0. The van der Waals surface area contributed by atoms with Crippen LogP contribution in [-0.2, 0) is 28.1 Å². The third-order valence-electron chi connectivity index (χ3n) is 5.51. The Kier molecular flexibility index (Phi) is 13.1. The molecule has 0 bridgehead atoms. The van der Waals surface area contributed by atoms with Crippen LogP contribution in [-0.4, -0.2) is 9.52 Å². The Bertz CT molecular complexity index is 841. The van der Waals surface area contributed by atoms with Crippen LogP contribution in [0.1, 0.15) is 43.2 Å². The van der Waals surface area contributed by atoms with Crippen LogP contribution < -0.4 is 47.6 Å². The average molecular weight is 484 g/mol. The summed E-state index contributed by atoms with van der Waals surface area (Å²) in [6.45, 7) is 2.27. The van der Waals surface area contributed by atoms with Gasteiger partial charge in [0, 0.05) is 0 Å². The SMILES string of the molecule is Cc1cc2ccccc2[c-]1[Si]c1ccccc1CC1CCCCC1.[Cl-].[Cl-].[Cl-].[Ti+4]. The fourth-order valence-electron chi connectivity index (χ4n) is 4.19. The third kappa shape index (κ3) is 6.42. The maximum atomic E-state index is 2.37. The van der Waals surface area contributed by atoms with E-state index in [-0.39, 0.29) is 58.9 Å². The first kappa shape index (κ1) is 27.9. The number of rotatable bonds is 4. The molecule has 1 fully saturated rings. The van der Waals surface area contributed by atoms with Crippen LogP contribution in [0.5, 0.6) is 0 Å². The van der Waals surface area contributed by atoms with Gasteiger partial charge in [-0.2, -0.15) is 6.07 Å². The molecule has 0 nitrogen and oxygen atoms in total. The van der Waals surface area contributed by atoms with E-state index < -0.39 is 0 Å². The summed E-state index contributed by atoms with van der Waals surface area (Å²) in [6.07, 6.45) is 8.44. The number of benzene rings is 2. The smallest absolute Gasteiger partial charge is 1.00 e. The van der Waals surface area contributed by atoms with Crippen LogP contribution in [0, 0.1) is 12.8 Å². The van der Waals surface area contributed by atoms with E-state index in [0.29, 0.717) is 0 Å². The summed E-state index contributed by atoms with van der Waals surface area (Å²) in [5, 5.41) is 5.94. The first-order valence-electron chi connectivity index (χ1n) is 9.31. The van der Waals surface area contributed by atoms with Crippen LogP contribution in [0.15, 0.2) is 54.6 Å². The Morgan fingerprint density at radius 2 is 1.54 bits per heavy atom. The standard InChI is InChI=1S/C23H25Si.3ClH.Ti/c1-17-15-19-11-5-7-13-21(19)23(17)24-22-14-8-6-12-20(22)16-18-9-3-2-4-10-18;;;;/h5-8,11-15,18H,2-4,9-10,16H2,1H3;3*1H;/q-1;;;;+4/p-3. The molecule has 28 heavy (non-hydrogen) atoms. The minimum atomic E-state index is 0. The van der Waals surface area contributed by atoms with E-state index in [1.165, 1.54) is 54.9 Å². The van der Waals surface area contributed by atoms with Crippen LogP contribution in [0.2, 0.25) is 0 Å². The summed E-state index contributed by atoms with van der Waals surface area (Å²) < 4.78 is 0. The zero-order chi connectivity index (χ0) is 16.4. The second-order valence-electron chi connectivity index (χ2n) is 7.28. The molecule has 0 unspecified atom stereocenters. The molecule has 0 saturated heterocycles. The van der Waals surface area contributed by atoms with Crippen molar-refractivity contribution < 1.29 is 58.9 Å². The Morgan fingerprint density at radius 1 is 0.893 bits per heavy atom. The number of fused-ring (bicyclic) bond motifs is 1. The van der Waals surface area contributed by atoms with Crippen molar-refractivity contribution in [3.8, 4) is 0 Å². The van der Waals surface area contributed by atoms with Crippen LogP contribution in [0.25, 0.3) is 10.8 Å². The Hall–Kier alpha value is -0.149. The van der Waals surface area contributed by atoms with Gasteiger partial charge in [-0.25, -0.2) is 0 Å². The van der Waals surface area contributed by atoms with E-state index in [0.717, 1.165) is 15.4 Å². The predicted molar refractivity (Wildman–Crippen MR) is 106 cm³/mol. The van der Waals surface area contributed by atoms with Crippen molar-refractivity contribution in [3.63, 3.8) is 0 Å². The number of halogens is 3. The summed E-state index contributed by atoms with van der Waals surface area (Å²) in [6, 6.07) is 20.4. The van der Waals surface area contributed by atoms with Crippen LogP contribution in [0.4, 0.5) is 0 Å². The summed E-state index contributed by atoms with van der Waals surface area (Å²) in [4.78, 5) is 0. The second-order valence-corrected chi connectivity index (χ2v) is 8.57. The Balaban J connectivity index is 0.00000182. The van der Waals surface area contributed by atoms with Crippen LogP contribution in [0.3, 0.4) is 0 Å². The van der Waals surface area contributed by atoms with Gasteiger partial charge in [-0.05, 0) is 17.9 Å². The molecular weight excluding hydrogens is 459 g/mol. The summed E-state index contributed by atoms with van der Waals surface area (Å²) in [5.74, 6) is 0.905. The molecule has 5 heteroatoms. The maximum Gasteiger partial charge on any atom is 4.00 e. The zero-order valence-corrected chi connectivity index (χ0v) is 21.0. The van der Waals surface area contributed by atoms with E-state index >= 15 is 0 Å². The molecular formula is C23H25Cl3SiTi. The molecule has 0 aliphatic heterocycles. The molecule has 0 amide bonds. The van der Waals surface area contributed by atoms with Gasteiger partial charge in [-0.3, -0.25) is 0 Å². The molecule has 0 aromatic heterocycles. The number of hydrogen-bond donors (Lipinski definition) is 0. The van der Waals surface area contributed by atoms with E-state index in [9.17, 15) is 0 Å². The molecule has 1 aliphatic rings. The molecule has 0 N–H and O–H groups in total. The van der Waals surface area contributed by atoms with Crippen molar-refractivity contribution in [1.29, 1.82) is 0 Å². The van der Waals surface area contributed by atoms with Crippen molar-refractivity contribution >= 4 is 30.7 Å². The van der Waals surface area contributed by atoms with Crippen molar-refractivity contribution in [2.45, 2.75) is 45.4 Å². The third-order valence-corrected chi connectivity index (χ3v) is 7.18. The topological polar surface area (TPSA) is 0 Å². The molecule has 0 atom stereocenters. The van der Waals surface area contributed by atoms with Gasteiger partial charge in [-0.1, -0.05) is 74.5 Å². The molecule has 0 spiro atoms. The van der Waals surface area contributed by atoms with Crippen molar-refractivity contribution in [3.05, 3.63) is 65.7 Å². The summed E-state index contributed by atoms with van der Waals surface area (Å²) in [7, 11) is 0.774. The normalized spacial score (nSPS) is 13.6. The molecule has 1 saturated carbocycles. The largest absolute Gasteiger partial charge is 4.00 e. The average Bonchev–Trinajstić information content (AvgIpc) is 2.93. The zero-order valence-electron chi connectivity index (χ0n) is 16.2. The first-order chi connectivity index (χ1) is 11.8. The quantitative estimate of drug-likeness (QED) is 0.260. The molecule has 1 aliphatic carbocycles. The van der Waals surface area contributed by atoms with Crippen LogP contribution >= 0.6 is 0 Å². The summed E-state index contributed by atoms with van der Waals surface area (Å²) >= 11 is 0. The monoisotopic (exact) mass is 482 g/mol. The number of aryl methyl sites for hydroxylation is 1. The van der Waals surface area contributed by atoms with Gasteiger partial charge in [0.15, 0.2) is 0 Å². The molecule has 3 aromatic carbocycles. The van der Waals surface area contributed by atoms with Crippen molar-refractivity contribution in [2.75, 3.05) is 0 Å². The van der Waals surface area contributed by atoms with E-state index in [1.54, 1.807) is 15.9 Å². The predicted octanol–water partition coefficient (Wildman–Crippen LogP) is -4.35. The minimum absolute atomic E-state index is 0. The Morgan fingerprint density at radius 3 is 2.29 bits per heavy atom. The maximum absolute atomic E-state index is 2.37. The van der Waals surface area contributed by atoms with E-state index in [2.05, 4.69) is 61.5 Å². The van der Waals surface area contributed by atoms with E-state index in [4.69, 9.17) is 0 Å². The molecule has 4 rings (SSSR count). The van der Waals surface area contributed by atoms with Gasteiger partial charge >= 0.3 is 21.7 Å². The molecule has 0 heterocycles. The summed E-state index contributed by atoms with van der Waals surface area (Å²) in [5.41, 5.74) is 3.04. The van der Waals surface area contributed by atoms with Gasteiger partial charge in [-0.15, -0.1) is 39.7 Å². The Labute approximate surface area is 205 Å². The van der Waals surface area contributed by atoms with Gasteiger partial charge in [0.25, 0.3) is 0 Å². The van der Waals surface area contributed by atoms with Gasteiger partial charge < -0.3 is 37.2 Å². The molecule has 146 valence electrons. The molecule has 2 radical (unpaired) electrons. The van der Waals surface area contributed by atoms with Gasteiger partial charge in [0.05, 0.1) is 9.52 Å².